The highest BCUT2D eigenvalue weighted by Crippen LogP contribution is 2.26. The van der Waals surface area contributed by atoms with Crippen molar-refractivity contribution in [3.8, 4) is 0 Å². The Hall–Kier alpha value is -1.46. The van der Waals surface area contributed by atoms with Crippen molar-refractivity contribution in [3.63, 3.8) is 0 Å². The summed E-state index contributed by atoms with van der Waals surface area (Å²) in [6.07, 6.45) is 2.70. The van der Waals surface area contributed by atoms with Crippen LogP contribution in [0.3, 0.4) is 0 Å². The summed E-state index contributed by atoms with van der Waals surface area (Å²) in [5.74, 6) is 0. The second-order valence-electron chi connectivity index (χ2n) is 5.73. The number of hydrogen-bond acceptors (Lipinski definition) is 4. The average Bonchev–Trinajstić information content (AvgIpc) is 2.78. The maximum Gasteiger partial charge on any atom is 0.272 e. The molecule has 1 aromatic rings. The first-order valence-corrected chi connectivity index (χ1v) is 7.13. The van der Waals surface area contributed by atoms with Gasteiger partial charge in [-0.15, -0.1) is 0 Å². The second-order valence-corrected chi connectivity index (χ2v) is 5.73. The second kappa shape index (κ2) is 6.33. The van der Waals surface area contributed by atoms with Gasteiger partial charge in [-0.05, 0) is 45.2 Å². The summed E-state index contributed by atoms with van der Waals surface area (Å²) in [7, 11) is 0. The van der Waals surface area contributed by atoms with Crippen LogP contribution < -0.4 is 0 Å². The Kier molecular flexibility index (Phi) is 4.73. The average molecular weight is 278 g/mol. The predicted octanol–water partition coefficient (Wildman–Crippen LogP) is 2.64. The largest absolute Gasteiger partial charge is 0.393 e. The molecule has 5 heteroatoms. The van der Waals surface area contributed by atoms with Crippen LogP contribution in [0.4, 0.5) is 5.69 Å². The van der Waals surface area contributed by atoms with Gasteiger partial charge < -0.3 is 5.11 Å². The van der Waals surface area contributed by atoms with Gasteiger partial charge in [0.1, 0.15) is 0 Å². The zero-order valence-electron chi connectivity index (χ0n) is 12.1. The van der Waals surface area contributed by atoms with E-state index in [0.717, 1.165) is 37.9 Å². The van der Waals surface area contributed by atoms with E-state index in [2.05, 4.69) is 4.90 Å². The van der Waals surface area contributed by atoms with Crippen LogP contribution >= 0.6 is 0 Å². The molecular weight excluding hydrogens is 256 g/mol. The molecule has 1 aliphatic heterocycles. The molecule has 110 valence electrons. The molecule has 5 nitrogen and oxygen atoms in total. The molecule has 1 aromatic carbocycles. The van der Waals surface area contributed by atoms with Crippen molar-refractivity contribution in [3.05, 3.63) is 39.4 Å². The van der Waals surface area contributed by atoms with Crippen LogP contribution in [0.15, 0.2) is 18.2 Å². The van der Waals surface area contributed by atoms with Crippen LogP contribution in [0, 0.1) is 17.0 Å². The Bertz CT molecular complexity index is 488. The molecule has 2 rings (SSSR count). The maximum atomic E-state index is 11.0. The van der Waals surface area contributed by atoms with Crippen LogP contribution in [-0.4, -0.2) is 33.6 Å². The smallest absolute Gasteiger partial charge is 0.272 e. The molecule has 1 N–H and O–H groups in total. The Morgan fingerprint density at radius 3 is 2.95 bits per heavy atom. The highest BCUT2D eigenvalue weighted by Gasteiger charge is 2.26. The van der Waals surface area contributed by atoms with Crippen molar-refractivity contribution in [1.82, 2.24) is 4.90 Å². The van der Waals surface area contributed by atoms with E-state index >= 15 is 0 Å². The molecule has 0 aromatic heterocycles. The summed E-state index contributed by atoms with van der Waals surface area (Å²) in [6.45, 7) is 5.29. The van der Waals surface area contributed by atoms with Gasteiger partial charge in [0.05, 0.1) is 11.0 Å². The lowest BCUT2D eigenvalue weighted by molar-refractivity contribution is -0.385. The number of likely N-dealkylation sites (tertiary alicyclic amines) is 1. The quantitative estimate of drug-likeness (QED) is 0.664. The Morgan fingerprint density at radius 2 is 2.30 bits per heavy atom. The van der Waals surface area contributed by atoms with Crippen molar-refractivity contribution in [2.75, 3.05) is 6.54 Å². The van der Waals surface area contributed by atoms with E-state index in [1.165, 1.54) is 0 Å². The van der Waals surface area contributed by atoms with E-state index in [0.29, 0.717) is 11.6 Å². The lowest BCUT2D eigenvalue weighted by Gasteiger charge is -2.25. The van der Waals surface area contributed by atoms with Crippen molar-refractivity contribution < 1.29 is 10.0 Å². The lowest BCUT2D eigenvalue weighted by atomic mass is 10.1. The van der Waals surface area contributed by atoms with Gasteiger partial charge in [0.15, 0.2) is 0 Å². The van der Waals surface area contributed by atoms with E-state index in [4.69, 9.17) is 0 Å². The normalized spacial score (nSPS) is 21.1. The monoisotopic (exact) mass is 278 g/mol. The zero-order valence-corrected chi connectivity index (χ0v) is 12.1. The van der Waals surface area contributed by atoms with Gasteiger partial charge in [-0.2, -0.15) is 0 Å². The molecule has 2 unspecified atom stereocenters. The number of aryl methyl sites for hydroxylation is 1. The third-order valence-corrected chi connectivity index (χ3v) is 3.97. The number of nitro groups is 1. The van der Waals surface area contributed by atoms with E-state index in [-0.39, 0.29) is 16.7 Å². The Balaban J connectivity index is 2.09. The molecular formula is C15H22N2O3. The minimum Gasteiger partial charge on any atom is -0.393 e. The number of aliphatic hydroxyl groups excluding tert-OH is 1. The van der Waals surface area contributed by atoms with Gasteiger partial charge in [0.2, 0.25) is 0 Å². The van der Waals surface area contributed by atoms with Crippen molar-refractivity contribution >= 4 is 5.69 Å². The first-order valence-electron chi connectivity index (χ1n) is 7.13. The number of nitrogens with zero attached hydrogens (tertiary/aromatic N) is 2. The standard InChI is InChI=1S/C15H22N2O3/c1-11-5-6-13(9-15(11)17(19)20)10-16-7-3-4-14(16)8-12(2)18/h5-6,9,12,14,18H,3-4,7-8,10H2,1-2H3. The van der Waals surface area contributed by atoms with E-state index < -0.39 is 0 Å². The number of hydrogen-bond donors (Lipinski definition) is 1. The molecule has 2 atom stereocenters. The molecule has 0 aliphatic carbocycles. The van der Waals surface area contributed by atoms with Crippen molar-refractivity contribution in [1.29, 1.82) is 0 Å². The van der Waals surface area contributed by atoms with E-state index in [1.54, 1.807) is 13.0 Å². The molecule has 1 fully saturated rings. The fraction of sp³-hybridized carbons (Fsp3) is 0.600. The van der Waals surface area contributed by atoms with Crippen LogP contribution in [0.2, 0.25) is 0 Å². The molecule has 0 spiro atoms. The summed E-state index contributed by atoms with van der Waals surface area (Å²) in [6, 6.07) is 5.83. The zero-order chi connectivity index (χ0) is 14.7. The third kappa shape index (κ3) is 3.55. The topological polar surface area (TPSA) is 66.6 Å². The van der Waals surface area contributed by atoms with Crippen molar-refractivity contribution in [2.24, 2.45) is 0 Å². The number of benzene rings is 1. The van der Waals surface area contributed by atoms with Gasteiger partial charge in [0.25, 0.3) is 5.69 Å². The van der Waals surface area contributed by atoms with Gasteiger partial charge in [-0.25, -0.2) is 0 Å². The van der Waals surface area contributed by atoms with Gasteiger partial charge >= 0.3 is 0 Å². The third-order valence-electron chi connectivity index (χ3n) is 3.97. The molecule has 0 saturated carbocycles. The Labute approximate surface area is 119 Å². The van der Waals surface area contributed by atoms with Crippen LogP contribution in [0.5, 0.6) is 0 Å². The van der Waals surface area contributed by atoms with E-state index in [9.17, 15) is 15.2 Å². The first-order chi connectivity index (χ1) is 9.47. The molecule has 0 amide bonds. The maximum absolute atomic E-state index is 11.0. The molecule has 1 saturated heterocycles. The van der Waals surface area contributed by atoms with Crippen LogP contribution in [-0.2, 0) is 6.54 Å². The molecule has 0 radical (unpaired) electrons. The molecule has 0 bridgehead atoms. The van der Waals surface area contributed by atoms with E-state index in [1.807, 2.05) is 19.1 Å². The minimum absolute atomic E-state index is 0.189. The van der Waals surface area contributed by atoms with Gasteiger partial charge in [-0.3, -0.25) is 15.0 Å². The highest BCUT2D eigenvalue weighted by molar-refractivity contribution is 5.42. The molecule has 1 aliphatic rings. The highest BCUT2D eigenvalue weighted by atomic mass is 16.6. The predicted molar refractivity (Wildman–Crippen MR) is 77.6 cm³/mol. The van der Waals surface area contributed by atoms with Gasteiger partial charge in [-0.1, -0.05) is 12.1 Å². The summed E-state index contributed by atoms with van der Waals surface area (Å²) in [4.78, 5) is 13.0. The summed E-state index contributed by atoms with van der Waals surface area (Å²) in [5, 5.41) is 20.5. The lowest BCUT2D eigenvalue weighted by Crippen LogP contribution is -2.31. The number of nitro benzene ring substituents is 1. The SMILES string of the molecule is Cc1ccc(CN2CCCC2CC(C)O)cc1[N+](=O)[O-]. The fourth-order valence-electron chi connectivity index (χ4n) is 2.95. The van der Waals surface area contributed by atoms with Gasteiger partial charge in [0, 0.05) is 24.2 Å². The van der Waals surface area contributed by atoms with Crippen LogP contribution in [0.1, 0.15) is 37.3 Å². The number of aliphatic hydroxyl groups is 1. The summed E-state index contributed by atoms with van der Waals surface area (Å²) < 4.78 is 0. The fourth-order valence-corrected chi connectivity index (χ4v) is 2.95. The van der Waals surface area contributed by atoms with Crippen LogP contribution in [0.25, 0.3) is 0 Å². The Morgan fingerprint density at radius 1 is 1.55 bits per heavy atom. The molecule has 20 heavy (non-hydrogen) atoms. The molecule has 1 heterocycles. The first kappa shape index (κ1) is 14.9. The summed E-state index contributed by atoms with van der Waals surface area (Å²) in [5.41, 5.74) is 1.86. The van der Waals surface area contributed by atoms with Crippen molar-refractivity contribution in [2.45, 2.75) is 51.8 Å². The minimum atomic E-state index is -0.323. The summed E-state index contributed by atoms with van der Waals surface area (Å²) >= 11 is 0. The number of rotatable bonds is 5.